The van der Waals surface area contributed by atoms with Gasteiger partial charge in [0.25, 0.3) is 0 Å². The Morgan fingerprint density at radius 1 is 1.31 bits per heavy atom. The summed E-state index contributed by atoms with van der Waals surface area (Å²) in [5.41, 5.74) is 0.568. The lowest BCUT2D eigenvalue weighted by molar-refractivity contribution is -0.145. The number of hydrogen-bond donors (Lipinski definition) is 1. The van der Waals surface area contributed by atoms with E-state index in [0.29, 0.717) is 47.0 Å². The molecule has 3 rings (SSSR count). The molecule has 0 bridgehead atoms. The number of alkyl halides is 3. The van der Waals surface area contributed by atoms with Crippen LogP contribution in [0, 0.1) is 0 Å². The van der Waals surface area contributed by atoms with Gasteiger partial charge in [-0.2, -0.15) is 18.2 Å². The fraction of sp³-hybridized carbons (Fsp3) is 0.421. The van der Waals surface area contributed by atoms with E-state index >= 15 is 0 Å². The lowest BCUT2D eigenvalue weighted by Crippen LogP contribution is -2.49. The van der Waals surface area contributed by atoms with Gasteiger partial charge in [0.15, 0.2) is 5.11 Å². The van der Waals surface area contributed by atoms with Gasteiger partial charge in [-0.25, -0.2) is 4.98 Å². The smallest absolute Gasteiger partial charge is 0.451 e. The van der Waals surface area contributed by atoms with E-state index in [2.05, 4.69) is 15.3 Å². The minimum absolute atomic E-state index is 0.00842. The van der Waals surface area contributed by atoms with Crippen molar-refractivity contribution in [1.29, 1.82) is 0 Å². The summed E-state index contributed by atoms with van der Waals surface area (Å²) in [4.78, 5) is 8.44. The zero-order chi connectivity index (χ0) is 23.3. The summed E-state index contributed by atoms with van der Waals surface area (Å²) >= 11 is 11.6. The minimum Gasteiger partial charge on any atom is -0.495 e. The Morgan fingerprint density at radius 2 is 2.06 bits per heavy atom. The second-order valence-corrected chi connectivity index (χ2v) is 7.38. The van der Waals surface area contributed by atoms with Crippen molar-refractivity contribution in [2.24, 2.45) is 0 Å². The third-order valence-electron chi connectivity index (χ3n) is 4.44. The first-order valence-electron chi connectivity index (χ1n) is 9.33. The van der Waals surface area contributed by atoms with Crippen molar-refractivity contribution in [3.8, 4) is 17.4 Å². The van der Waals surface area contributed by atoms with E-state index in [1.165, 1.54) is 20.3 Å². The van der Waals surface area contributed by atoms with Crippen molar-refractivity contribution >= 4 is 34.6 Å². The number of anilines is 1. The van der Waals surface area contributed by atoms with Gasteiger partial charge in [0.1, 0.15) is 24.2 Å². The number of nitrogens with zero attached hydrogens (tertiary/aromatic N) is 3. The third kappa shape index (κ3) is 6.02. The van der Waals surface area contributed by atoms with Crippen molar-refractivity contribution in [1.82, 2.24) is 14.9 Å². The second kappa shape index (κ2) is 10.4. The molecule has 0 amide bonds. The van der Waals surface area contributed by atoms with Crippen LogP contribution in [-0.4, -0.2) is 66.6 Å². The predicted octanol–water partition coefficient (Wildman–Crippen LogP) is 3.64. The maximum absolute atomic E-state index is 12.7. The summed E-state index contributed by atoms with van der Waals surface area (Å²) in [7, 11) is 3.00. The summed E-state index contributed by atoms with van der Waals surface area (Å²) in [6.45, 7) is 1.22. The molecule has 1 fully saturated rings. The highest BCUT2D eigenvalue weighted by Crippen LogP contribution is 2.36. The Labute approximate surface area is 192 Å². The fourth-order valence-electron chi connectivity index (χ4n) is 2.89. The monoisotopic (exact) mass is 492 g/mol. The van der Waals surface area contributed by atoms with Crippen LogP contribution in [0.2, 0.25) is 5.02 Å². The van der Waals surface area contributed by atoms with Crippen molar-refractivity contribution in [3.63, 3.8) is 0 Å². The number of hydrogen-bond acceptors (Lipinski definition) is 7. The number of rotatable bonds is 6. The van der Waals surface area contributed by atoms with E-state index in [4.69, 9.17) is 42.8 Å². The van der Waals surface area contributed by atoms with Crippen LogP contribution in [0.5, 0.6) is 17.4 Å². The Balaban J connectivity index is 1.61. The minimum atomic E-state index is -4.65. The summed E-state index contributed by atoms with van der Waals surface area (Å²) in [5, 5.41) is 3.90. The SMILES string of the molecule is COc1cc(NC(=S)N2CCOC(COc3ccnc(C(F)(F)F)n3)C2)c(OC)cc1Cl. The molecule has 1 aliphatic rings. The Bertz CT molecular complexity index is 967. The molecule has 0 spiro atoms. The topological polar surface area (TPSA) is 78.0 Å². The molecule has 1 aromatic carbocycles. The molecule has 2 heterocycles. The molecule has 174 valence electrons. The third-order valence-corrected chi connectivity index (χ3v) is 5.10. The van der Waals surface area contributed by atoms with Gasteiger partial charge in [0, 0.05) is 37.5 Å². The molecule has 1 unspecified atom stereocenters. The number of aromatic nitrogens is 2. The molecule has 0 radical (unpaired) electrons. The van der Waals surface area contributed by atoms with E-state index in [1.807, 2.05) is 4.90 Å². The number of halogens is 4. The van der Waals surface area contributed by atoms with E-state index < -0.39 is 18.1 Å². The molecule has 1 saturated heterocycles. The van der Waals surface area contributed by atoms with Crippen molar-refractivity contribution in [2.45, 2.75) is 12.3 Å². The van der Waals surface area contributed by atoms with Gasteiger partial charge in [0.05, 0.1) is 31.5 Å². The second-order valence-electron chi connectivity index (χ2n) is 6.58. The number of methoxy groups -OCH3 is 2. The van der Waals surface area contributed by atoms with E-state index in [0.717, 1.165) is 6.20 Å². The Kier molecular flexibility index (Phi) is 7.80. The van der Waals surface area contributed by atoms with Gasteiger partial charge >= 0.3 is 6.18 Å². The predicted molar refractivity (Wildman–Crippen MR) is 115 cm³/mol. The summed E-state index contributed by atoms with van der Waals surface area (Å²) in [6.07, 6.45) is -4.10. The largest absolute Gasteiger partial charge is 0.495 e. The first-order chi connectivity index (χ1) is 15.2. The zero-order valence-electron chi connectivity index (χ0n) is 17.1. The number of morpholine rings is 1. The average molecular weight is 493 g/mol. The van der Waals surface area contributed by atoms with Crippen LogP contribution in [0.25, 0.3) is 0 Å². The van der Waals surface area contributed by atoms with E-state index in [9.17, 15) is 13.2 Å². The van der Waals surface area contributed by atoms with Crippen molar-refractivity contribution < 1.29 is 32.1 Å². The van der Waals surface area contributed by atoms with Crippen molar-refractivity contribution in [2.75, 3.05) is 45.8 Å². The molecule has 32 heavy (non-hydrogen) atoms. The van der Waals surface area contributed by atoms with E-state index in [1.54, 1.807) is 12.1 Å². The van der Waals surface area contributed by atoms with Gasteiger partial charge in [-0.05, 0) is 12.2 Å². The van der Waals surface area contributed by atoms with Gasteiger partial charge in [-0.1, -0.05) is 11.6 Å². The summed E-state index contributed by atoms with van der Waals surface area (Å²) in [6, 6.07) is 4.53. The Hall–Kier alpha value is -2.57. The average Bonchev–Trinajstić information content (AvgIpc) is 2.78. The van der Waals surface area contributed by atoms with Gasteiger partial charge in [0.2, 0.25) is 11.7 Å². The highest BCUT2D eigenvalue weighted by Gasteiger charge is 2.35. The summed E-state index contributed by atoms with van der Waals surface area (Å²) in [5.74, 6) is -0.518. The van der Waals surface area contributed by atoms with Crippen LogP contribution < -0.4 is 19.5 Å². The quantitative estimate of drug-likeness (QED) is 0.608. The molecule has 0 aliphatic carbocycles. The van der Waals surface area contributed by atoms with Crippen LogP contribution in [0.4, 0.5) is 18.9 Å². The van der Waals surface area contributed by atoms with Gasteiger partial charge in [-0.15, -0.1) is 0 Å². The molecular weight excluding hydrogens is 473 g/mol. The van der Waals surface area contributed by atoms with Gasteiger partial charge in [-0.3, -0.25) is 0 Å². The van der Waals surface area contributed by atoms with Crippen molar-refractivity contribution in [3.05, 3.63) is 35.2 Å². The van der Waals surface area contributed by atoms with E-state index in [-0.39, 0.29) is 12.5 Å². The van der Waals surface area contributed by atoms with Crippen LogP contribution in [0.3, 0.4) is 0 Å². The number of benzene rings is 1. The lowest BCUT2D eigenvalue weighted by Gasteiger charge is -2.34. The number of thiocarbonyl (C=S) groups is 1. The van der Waals surface area contributed by atoms with Crippen LogP contribution in [0.1, 0.15) is 5.82 Å². The Morgan fingerprint density at radius 3 is 2.75 bits per heavy atom. The fourth-order valence-corrected chi connectivity index (χ4v) is 3.40. The summed E-state index contributed by atoms with van der Waals surface area (Å²) < 4.78 is 59.8. The van der Waals surface area contributed by atoms with Crippen LogP contribution >= 0.6 is 23.8 Å². The molecule has 1 atom stereocenters. The maximum Gasteiger partial charge on any atom is 0.451 e. The first-order valence-corrected chi connectivity index (χ1v) is 10.1. The van der Waals surface area contributed by atoms with Crippen LogP contribution in [0.15, 0.2) is 24.4 Å². The zero-order valence-corrected chi connectivity index (χ0v) is 18.7. The molecule has 13 heteroatoms. The van der Waals surface area contributed by atoms with Crippen LogP contribution in [-0.2, 0) is 10.9 Å². The number of nitrogens with one attached hydrogen (secondary N) is 1. The molecule has 2 aromatic rings. The van der Waals surface area contributed by atoms with Gasteiger partial charge < -0.3 is 29.2 Å². The molecule has 0 saturated carbocycles. The standard InChI is InChI=1S/C19H20ClF3N4O4S/c1-28-14-8-13(15(29-2)7-12(14)20)25-18(32)27-5-6-30-11(9-27)10-31-16-3-4-24-17(26-16)19(21,22)23/h3-4,7-8,11H,5-6,9-10H2,1-2H3,(H,25,32). The normalized spacial score (nSPS) is 16.4. The highest BCUT2D eigenvalue weighted by molar-refractivity contribution is 7.80. The first kappa shape index (κ1) is 24.1. The number of ether oxygens (including phenoxy) is 4. The lowest BCUT2D eigenvalue weighted by atomic mass is 10.2. The molecule has 1 N–H and O–H groups in total. The molecule has 8 nitrogen and oxygen atoms in total. The molecular formula is C19H20ClF3N4O4S. The maximum atomic E-state index is 12.7. The highest BCUT2D eigenvalue weighted by atomic mass is 35.5. The molecule has 1 aliphatic heterocycles. The molecule has 1 aromatic heterocycles.